The van der Waals surface area contributed by atoms with Gasteiger partial charge < -0.3 is 15.4 Å². The molecule has 27 heavy (non-hydrogen) atoms. The number of morpholine rings is 1. The van der Waals surface area contributed by atoms with Crippen molar-refractivity contribution in [3.05, 3.63) is 23.4 Å². The first-order valence-corrected chi connectivity index (χ1v) is 9.59. The number of halogens is 1. The second-order valence-corrected chi connectivity index (χ2v) is 7.54. The second-order valence-electron chi connectivity index (χ2n) is 7.16. The monoisotopic (exact) mass is 386 g/mol. The van der Waals surface area contributed by atoms with Gasteiger partial charge >= 0.3 is 0 Å². The van der Waals surface area contributed by atoms with Crippen LogP contribution in [-0.4, -0.2) is 46.5 Å². The topological polar surface area (TPSA) is 89.5 Å². The van der Waals surface area contributed by atoms with Crippen LogP contribution in [0.4, 0.5) is 17.5 Å². The zero-order valence-electron chi connectivity index (χ0n) is 15.5. The lowest BCUT2D eigenvalue weighted by Crippen LogP contribution is -2.44. The standard InChI is InChI=1S/C19H23ClN6O/c1-11-10-27-6-5-26(11)18-9-17(22-12(2)13-3-4-13)24-19(25-18)14-7-15(20)23-16(21)8-14/h7-9,11,13H,3-6,10H2,1-2H3,(H2,21,23)/b22-12+/t11-/m1/s1. The molecule has 2 aliphatic rings. The molecule has 1 saturated heterocycles. The van der Waals surface area contributed by atoms with E-state index in [2.05, 4.69) is 28.7 Å². The van der Waals surface area contributed by atoms with Gasteiger partial charge in [-0.25, -0.2) is 19.9 Å². The van der Waals surface area contributed by atoms with Crippen LogP contribution in [0.1, 0.15) is 26.7 Å². The summed E-state index contributed by atoms with van der Waals surface area (Å²) in [4.78, 5) is 20.4. The summed E-state index contributed by atoms with van der Waals surface area (Å²) in [6, 6.07) is 5.63. The number of nitrogen functional groups attached to an aromatic ring is 1. The van der Waals surface area contributed by atoms with E-state index >= 15 is 0 Å². The number of ether oxygens (including phenoxy) is 1. The molecule has 0 radical (unpaired) electrons. The Morgan fingerprint density at radius 1 is 1.26 bits per heavy atom. The number of rotatable bonds is 4. The molecule has 0 unspecified atom stereocenters. The van der Waals surface area contributed by atoms with E-state index in [1.807, 2.05) is 6.07 Å². The summed E-state index contributed by atoms with van der Waals surface area (Å²) >= 11 is 6.08. The summed E-state index contributed by atoms with van der Waals surface area (Å²) in [7, 11) is 0. The first-order valence-electron chi connectivity index (χ1n) is 9.21. The Morgan fingerprint density at radius 2 is 2.07 bits per heavy atom. The first kappa shape index (κ1) is 18.1. The highest BCUT2D eigenvalue weighted by Crippen LogP contribution is 2.33. The van der Waals surface area contributed by atoms with Crippen molar-refractivity contribution >= 4 is 34.8 Å². The number of nitrogens with two attached hydrogens (primary N) is 1. The minimum Gasteiger partial charge on any atom is -0.384 e. The molecule has 0 bridgehead atoms. The van der Waals surface area contributed by atoms with Crippen molar-refractivity contribution in [2.75, 3.05) is 30.4 Å². The van der Waals surface area contributed by atoms with Gasteiger partial charge in [0.15, 0.2) is 11.6 Å². The van der Waals surface area contributed by atoms with Crippen LogP contribution in [0.5, 0.6) is 0 Å². The Bertz CT molecular complexity index is 862. The second kappa shape index (κ2) is 7.40. The minimum atomic E-state index is 0.231. The Labute approximate surface area is 163 Å². The Kier molecular flexibility index (Phi) is 4.97. The van der Waals surface area contributed by atoms with Gasteiger partial charge in [0.1, 0.15) is 16.8 Å². The van der Waals surface area contributed by atoms with Crippen LogP contribution in [-0.2, 0) is 4.74 Å². The van der Waals surface area contributed by atoms with Crippen molar-refractivity contribution in [3.8, 4) is 11.4 Å². The average Bonchev–Trinajstić information content (AvgIpc) is 3.46. The molecule has 0 amide bonds. The van der Waals surface area contributed by atoms with E-state index in [1.165, 1.54) is 12.8 Å². The summed E-state index contributed by atoms with van der Waals surface area (Å²) in [6.07, 6.45) is 2.41. The highest BCUT2D eigenvalue weighted by Gasteiger charge is 2.25. The van der Waals surface area contributed by atoms with Gasteiger partial charge in [-0.05, 0) is 44.7 Å². The number of aromatic nitrogens is 3. The smallest absolute Gasteiger partial charge is 0.164 e. The molecular weight excluding hydrogens is 364 g/mol. The Balaban J connectivity index is 1.79. The summed E-state index contributed by atoms with van der Waals surface area (Å²) in [5.41, 5.74) is 7.71. The van der Waals surface area contributed by atoms with E-state index in [4.69, 9.17) is 32.0 Å². The maximum atomic E-state index is 6.08. The van der Waals surface area contributed by atoms with Gasteiger partial charge in [0, 0.05) is 23.9 Å². The van der Waals surface area contributed by atoms with E-state index in [9.17, 15) is 0 Å². The molecule has 2 fully saturated rings. The zero-order valence-corrected chi connectivity index (χ0v) is 16.3. The van der Waals surface area contributed by atoms with Crippen molar-refractivity contribution in [1.82, 2.24) is 15.0 Å². The maximum Gasteiger partial charge on any atom is 0.164 e. The largest absolute Gasteiger partial charge is 0.384 e. The van der Waals surface area contributed by atoms with Gasteiger partial charge in [0.2, 0.25) is 0 Å². The summed E-state index contributed by atoms with van der Waals surface area (Å²) in [5, 5.41) is 0.318. The molecule has 1 aliphatic carbocycles. The number of aliphatic imine (C=N–C) groups is 1. The third-order valence-electron chi connectivity index (χ3n) is 4.89. The molecule has 8 heteroatoms. The molecule has 2 aromatic heterocycles. The molecule has 0 spiro atoms. The quantitative estimate of drug-likeness (QED) is 0.638. The molecule has 1 atom stereocenters. The highest BCUT2D eigenvalue weighted by molar-refractivity contribution is 6.29. The lowest BCUT2D eigenvalue weighted by molar-refractivity contribution is 0.0985. The lowest BCUT2D eigenvalue weighted by Gasteiger charge is -2.34. The van der Waals surface area contributed by atoms with Crippen LogP contribution < -0.4 is 10.6 Å². The Morgan fingerprint density at radius 3 is 2.78 bits per heavy atom. The maximum absolute atomic E-state index is 6.08. The van der Waals surface area contributed by atoms with Gasteiger partial charge in [0.05, 0.1) is 19.3 Å². The molecule has 2 N–H and O–H groups in total. The third kappa shape index (κ3) is 4.20. The van der Waals surface area contributed by atoms with Crippen LogP contribution in [0.25, 0.3) is 11.4 Å². The van der Waals surface area contributed by atoms with Crippen molar-refractivity contribution in [1.29, 1.82) is 0 Å². The number of hydrogen-bond donors (Lipinski definition) is 1. The molecule has 3 heterocycles. The average molecular weight is 387 g/mol. The van der Waals surface area contributed by atoms with E-state index in [-0.39, 0.29) is 6.04 Å². The van der Waals surface area contributed by atoms with Crippen molar-refractivity contribution < 1.29 is 4.74 Å². The summed E-state index contributed by atoms with van der Waals surface area (Å²) in [6.45, 7) is 6.32. The van der Waals surface area contributed by atoms with Crippen molar-refractivity contribution in [3.63, 3.8) is 0 Å². The van der Waals surface area contributed by atoms with Gasteiger partial charge in [-0.1, -0.05) is 11.6 Å². The molecule has 0 aromatic carbocycles. The molecular formula is C19H23ClN6O. The molecule has 7 nitrogen and oxygen atoms in total. The number of hydrogen-bond acceptors (Lipinski definition) is 7. The van der Waals surface area contributed by atoms with Gasteiger partial charge in [-0.15, -0.1) is 0 Å². The van der Waals surface area contributed by atoms with E-state index in [0.29, 0.717) is 41.7 Å². The number of nitrogens with zero attached hydrogens (tertiary/aromatic N) is 5. The van der Waals surface area contributed by atoms with Gasteiger partial charge in [-0.2, -0.15) is 0 Å². The number of pyridine rings is 1. The van der Waals surface area contributed by atoms with E-state index in [0.717, 1.165) is 23.6 Å². The first-order chi connectivity index (χ1) is 13.0. The summed E-state index contributed by atoms with van der Waals surface area (Å²) < 4.78 is 5.56. The van der Waals surface area contributed by atoms with E-state index < -0.39 is 0 Å². The summed E-state index contributed by atoms with van der Waals surface area (Å²) in [5.74, 6) is 2.96. The predicted octanol–water partition coefficient (Wildman–Crippen LogP) is 3.50. The van der Waals surface area contributed by atoms with Crippen LogP contribution in [0, 0.1) is 5.92 Å². The molecule has 1 saturated carbocycles. The SMILES string of the molecule is C/C(=N\c1cc(N2CCOC[C@H]2C)nc(-c2cc(N)nc(Cl)c2)n1)C1CC1. The number of anilines is 2. The van der Waals surface area contributed by atoms with Crippen LogP contribution in [0.3, 0.4) is 0 Å². The molecule has 1 aliphatic heterocycles. The Hall–Kier alpha value is -2.25. The van der Waals surface area contributed by atoms with Crippen LogP contribution in [0.15, 0.2) is 23.2 Å². The lowest BCUT2D eigenvalue weighted by atomic mass is 10.2. The van der Waals surface area contributed by atoms with Crippen LogP contribution >= 0.6 is 11.6 Å². The molecule has 2 aromatic rings. The van der Waals surface area contributed by atoms with Gasteiger partial charge in [-0.3, -0.25) is 0 Å². The fraction of sp³-hybridized carbons (Fsp3) is 0.474. The van der Waals surface area contributed by atoms with E-state index in [1.54, 1.807) is 12.1 Å². The fourth-order valence-electron chi connectivity index (χ4n) is 3.24. The third-order valence-corrected chi connectivity index (χ3v) is 5.09. The molecule has 142 valence electrons. The predicted molar refractivity (Wildman–Crippen MR) is 108 cm³/mol. The van der Waals surface area contributed by atoms with Gasteiger partial charge in [0.25, 0.3) is 0 Å². The minimum absolute atomic E-state index is 0.231. The zero-order chi connectivity index (χ0) is 19.0. The van der Waals surface area contributed by atoms with Crippen molar-refractivity contribution in [2.45, 2.75) is 32.7 Å². The molecule has 4 rings (SSSR count). The van der Waals surface area contributed by atoms with Crippen LogP contribution in [0.2, 0.25) is 5.15 Å². The highest BCUT2D eigenvalue weighted by atomic mass is 35.5. The fourth-order valence-corrected chi connectivity index (χ4v) is 3.46. The normalized spacial score (nSPS) is 20.8. The van der Waals surface area contributed by atoms with Crippen molar-refractivity contribution in [2.24, 2.45) is 10.9 Å².